The molecule has 1 N–H and O–H groups in total. The normalized spacial score (nSPS) is 11.1. The Labute approximate surface area is 160 Å². The van der Waals surface area contributed by atoms with Crippen LogP contribution in [0, 0.1) is 12.7 Å². The Morgan fingerprint density at radius 2 is 2.04 bits per heavy atom. The van der Waals surface area contributed by atoms with E-state index in [4.69, 9.17) is 0 Å². The van der Waals surface area contributed by atoms with E-state index in [1.165, 1.54) is 12.1 Å². The topological polar surface area (TPSA) is 45.5 Å². The van der Waals surface area contributed by atoms with Crippen LogP contribution in [-0.4, -0.2) is 40.8 Å². The van der Waals surface area contributed by atoms with E-state index in [2.05, 4.69) is 15.4 Å². The second-order valence-corrected chi connectivity index (χ2v) is 5.50. The molecule has 132 valence electrons. The Balaban J connectivity index is 0.00000288. The zero-order valence-electron chi connectivity index (χ0n) is 14.4. The molecule has 0 saturated carbocycles. The van der Waals surface area contributed by atoms with E-state index in [1.54, 1.807) is 12.1 Å². The van der Waals surface area contributed by atoms with Crippen LogP contribution in [-0.2, 0) is 13.1 Å². The van der Waals surface area contributed by atoms with Gasteiger partial charge in [0.15, 0.2) is 5.96 Å². The van der Waals surface area contributed by atoms with Crippen LogP contribution in [0.5, 0.6) is 0 Å². The molecule has 0 spiro atoms. The minimum absolute atomic E-state index is 0. The van der Waals surface area contributed by atoms with Crippen molar-refractivity contribution in [3.05, 3.63) is 53.6 Å². The Morgan fingerprint density at radius 3 is 2.62 bits per heavy atom. The van der Waals surface area contributed by atoms with Crippen molar-refractivity contribution >= 4 is 29.9 Å². The van der Waals surface area contributed by atoms with Crippen molar-refractivity contribution in [2.24, 2.45) is 4.99 Å². The summed E-state index contributed by atoms with van der Waals surface area (Å²) in [5, 5.41) is 7.54. The molecule has 0 radical (unpaired) electrons. The van der Waals surface area contributed by atoms with Crippen molar-refractivity contribution in [3.63, 3.8) is 0 Å². The lowest BCUT2D eigenvalue weighted by molar-refractivity contribution is 0.474. The highest BCUT2D eigenvalue weighted by Crippen LogP contribution is 2.06. The van der Waals surface area contributed by atoms with E-state index in [0.717, 1.165) is 30.2 Å². The van der Waals surface area contributed by atoms with Crippen LogP contribution in [0.2, 0.25) is 0 Å². The average Bonchev–Trinajstić information content (AvgIpc) is 2.94. The Hall–Kier alpha value is -1.64. The molecular weight excluding hydrogens is 420 g/mol. The molecule has 2 aromatic rings. The van der Waals surface area contributed by atoms with E-state index >= 15 is 0 Å². The smallest absolute Gasteiger partial charge is 0.194 e. The first-order valence-electron chi connectivity index (χ1n) is 7.81. The van der Waals surface area contributed by atoms with Gasteiger partial charge >= 0.3 is 0 Å². The van der Waals surface area contributed by atoms with Gasteiger partial charge in [-0.3, -0.25) is 9.67 Å². The molecule has 1 aromatic carbocycles. The second kappa shape index (κ2) is 10.3. The highest BCUT2D eigenvalue weighted by Gasteiger charge is 2.06. The third-order valence-electron chi connectivity index (χ3n) is 3.38. The zero-order valence-corrected chi connectivity index (χ0v) is 16.7. The molecule has 5 nitrogen and oxygen atoms in total. The van der Waals surface area contributed by atoms with E-state index in [1.807, 2.05) is 42.9 Å². The number of halogens is 2. The zero-order chi connectivity index (χ0) is 16.7. The van der Waals surface area contributed by atoms with E-state index < -0.39 is 0 Å². The molecule has 0 saturated heterocycles. The van der Waals surface area contributed by atoms with E-state index in [0.29, 0.717) is 13.1 Å². The molecule has 0 bridgehead atoms. The summed E-state index contributed by atoms with van der Waals surface area (Å²) in [6.07, 6.45) is 3.85. The summed E-state index contributed by atoms with van der Waals surface area (Å²) in [7, 11) is 1.98. The number of aliphatic imine (C=N–C) groups is 1. The van der Waals surface area contributed by atoms with Gasteiger partial charge in [0.05, 0.1) is 19.3 Å². The Bertz CT molecular complexity index is 639. The van der Waals surface area contributed by atoms with Gasteiger partial charge in [0.2, 0.25) is 0 Å². The summed E-state index contributed by atoms with van der Waals surface area (Å²) in [6.45, 7) is 6.93. The summed E-state index contributed by atoms with van der Waals surface area (Å²) < 4.78 is 14.9. The number of hydrogen-bond acceptors (Lipinski definition) is 2. The summed E-state index contributed by atoms with van der Waals surface area (Å²) in [4.78, 5) is 6.66. The molecule has 0 unspecified atom stereocenters. The Kier molecular flexibility index (Phi) is 8.73. The molecule has 0 amide bonds. The first-order valence-corrected chi connectivity index (χ1v) is 7.81. The van der Waals surface area contributed by atoms with Gasteiger partial charge in [0.25, 0.3) is 0 Å². The number of aryl methyl sites for hydroxylation is 1. The lowest BCUT2D eigenvalue weighted by atomic mass is 10.2. The summed E-state index contributed by atoms with van der Waals surface area (Å²) in [6, 6.07) is 6.55. The fourth-order valence-corrected chi connectivity index (χ4v) is 2.26. The molecule has 0 aliphatic carbocycles. The van der Waals surface area contributed by atoms with Crippen LogP contribution in [0.15, 0.2) is 41.7 Å². The SMILES string of the molecule is CCNC(=NCCn1cc(C)cn1)N(C)Cc1ccc(F)cc1.I. The molecule has 7 heteroatoms. The minimum atomic E-state index is -0.216. The second-order valence-electron chi connectivity index (χ2n) is 5.50. The van der Waals surface area contributed by atoms with Gasteiger partial charge in [-0.05, 0) is 37.1 Å². The number of rotatable bonds is 6. The van der Waals surface area contributed by atoms with Gasteiger partial charge in [-0.1, -0.05) is 12.1 Å². The maximum Gasteiger partial charge on any atom is 0.194 e. The van der Waals surface area contributed by atoms with Crippen molar-refractivity contribution in [3.8, 4) is 0 Å². The number of nitrogens with zero attached hydrogens (tertiary/aromatic N) is 4. The molecule has 0 fully saturated rings. The van der Waals surface area contributed by atoms with Gasteiger partial charge in [0.1, 0.15) is 5.82 Å². The van der Waals surface area contributed by atoms with Crippen molar-refractivity contribution < 1.29 is 4.39 Å². The van der Waals surface area contributed by atoms with E-state index in [-0.39, 0.29) is 29.8 Å². The number of aromatic nitrogens is 2. The number of guanidine groups is 1. The van der Waals surface area contributed by atoms with Crippen LogP contribution < -0.4 is 5.32 Å². The number of hydrogen-bond donors (Lipinski definition) is 1. The lowest BCUT2D eigenvalue weighted by Gasteiger charge is -2.22. The quantitative estimate of drug-likeness (QED) is 0.423. The molecule has 1 heterocycles. The van der Waals surface area contributed by atoms with Crippen LogP contribution in [0.25, 0.3) is 0 Å². The molecule has 2 rings (SSSR count). The monoisotopic (exact) mass is 445 g/mol. The van der Waals surface area contributed by atoms with Crippen LogP contribution in [0.4, 0.5) is 4.39 Å². The van der Waals surface area contributed by atoms with Crippen molar-refractivity contribution in [2.75, 3.05) is 20.1 Å². The molecular formula is C17H25FIN5. The van der Waals surface area contributed by atoms with Gasteiger partial charge in [-0.25, -0.2) is 4.39 Å². The fraction of sp³-hybridized carbons (Fsp3) is 0.412. The average molecular weight is 445 g/mol. The highest BCUT2D eigenvalue weighted by molar-refractivity contribution is 14.0. The van der Waals surface area contributed by atoms with Crippen LogP contribution in [0.1, 0.15) is 18.1 Å². The predicted octanol–water partition coefficient (Wildman–Crippen LogP) is 3.05. The molecule has 24 heavy (non-hydrogen) atoms. The minimum Gasteiger partial charge on any atom is -0.357 e. The molecule has 0 aliphatic rings. The maximum absolute atomic E-state index is 13.0. The predicted molar refractivity (Wildman–Crippen MR) is 106 cm³/mol. The Morgan fingerprint density at radius 1 is 1.33 bits per heavy atom. The first kappa shape index (κ1) is 20.4. The highest BCUT2D eigenvalue weighted by atomic mass is 127. The molecule has 1 aromatic heterocycles. The number of nitrogens with one attached hydrogen (secondary N) is 1. The van der Waals surface area contributed by atoms with Crippen molar-refractivity contribution in [2.45, 2.75) is 26.9 Å². The first-order chi connectivity index (χ1) is 11.1. The largest absolute Gasteiger partial charge is 0.357 e. The number of benzene rings is 1. The lowest BCUT2D eigenvalue weighted by Crippen LogP contribution is -2.38. The van der Waals surface area contributed by atoms with Crippen molar-refractivity contribution in [1.82, 2.24) is 20.0 Å². The van der Waals surface area contributed by atoms with Crippen molar-refractivity contribution in [1.29, 1.82) is 0 Å². The van der Waals surface area contributed by atoms with Crippen LogP contribution in [0.3, 0.4) is 0 Å². The van der Waals surface area contributed by atoms with E-state index in [9.17, 15) is 4.39 Å². The van der Waals surface area contributed by atoms with Gasteiger partial charge in [0, 0.05) is 26.3 Å². The molecule has 0 atom stereocenters. The van der Waals surface area contributed by atoms with Gasteiger partial charge in [-0.2, -0.15) is 5.10 Å². The summed E-state index contributed by atoms with van der Waals surface area (Å²) >= 11 is 0. The van der Waals surface area contributed by atoms with Gasteiger partial charge in [-0.15, -0.1) is 24.0 Å². The van der Waals surface area contributed by atoms with Crippen LogP contribution >= 0.6 is 24.0 Å². The standard InChI is InChI=1S/C17H24FN5.HI/c1-4-19-17(20-9-10-23-12-14(2)11-21-23)22(3)13-15-5-7-16(18)8-6-15;/h5-8,11-12H,4,9-10,13H2,1-3H3,(H,19,20);1H. The fourth-order valence-electron chi connectivity index (χ4n) is 2.26. The van der Waals surface area contributed by atoms with Gasteiger partial charge < -0.3 is 10.2 Å². The maximum atomic E-state index is 13.0. The third kappa shape index (κ3) is 6.46. The molecule has 0 aliphatic heterocycles. The summed E-state index contributed by atoms with van der Waals surface area (Å²) in [5.74, 6) is 0.618. The summed E-state index contributed by atoms with van der Waals surface area (Å²) in [5.41, 5.74) is 2.19. The third-order valence-corrected chi connectivity index (χ3v) is 3.38.